The molecular formula is C17H25N7O. The second-order valence-corrected chi connectivity index (χ2v) is 6.71. The molecule has 0 radical (unpaired) electrons. The topological polar surface area (TPSA) is 69.5 Å². The lowest BCUT2D eigenvalue weighted by molar-refractivity contribution is 0.0452. The molecule has 8 nitrogen and oxygen atoms in total. The van der Waals surface area contributed by atoms with Crippen molar-refractivity contribution in [2.24, 2.45) is 10.2 Å². The normalized spacial score (nSPS) is 22.8. The van der Waals surface area contributed by atoms with Crippen LogP contribution in [-0.2, 0) is 4.74 Å². The summed E-state index contributed by atoms with van der Waals surface area (Å²) < 4.78 is 5.40. The van der Waals surface area contributed by atoms with Crippen LogP contribution in [0, 0.1) is 0 Å². The zero-order valence-electron chi connectivity index (χ0n) is 14.5. The minimum Gasteiger partial charge on any atom is -0.379 e. The first-order valence-corrected chi connectivity index (χ1v) is 9.02. The van der Waals surface area contributed by atoms with Crippen molar-refractivity contribution >= 4 is 17.4 Å². The molecule has 0 amide bonds. The molecule has 8 heteroatoms. The highest BCUT2D eigenvalue weighted by Gasteiger charge is 2.23. The van der Waals surface area contributed by atoms with E-state index in [2.05, 4.69) is 34.9 Å². The molecule has 0 aromatic carbocycles. The van der Waals surface area contributed by atoms with Gasteiger partial charge in [-0.05, 0) is 6.07 Å². The molecule has 0 N–H and O–H groups in total. The Kier molecular flexibility index (Phi) is 5.29. The molecule has 25 heavy (non-hydrogen) atoms. The maximum Gasteiger partial charge on any atom is 0.225 e. The average Bonchev–Trinajstić information content (AvgIpc) is 3.11. The third-order valence-electron chi connectivity index (χ3n) is 4.86. The Morgan fingerprint density at radius 1 is 0.800 bits per heavy atom. The molecule has 1 aromatic rings. The second-order valence-electron chi connectivity index (χ2n) is 6.71. The van der Waals surface area contributed by atoms with Crippen LogP contribution in [0.5, 0.6) is 0 Å². The number of hydrogen-bond donors (Lipinski definition) is 0. The van der Waals surface area contributed by atoms with Crippen molar-refractivity contribution < 1.29 is 4.74 Å². The van der Waals surface area contributed by atoms with E-state index in [9.17, 15) is 0 Å². The average molecular weight is 343 g/mol. The van der Waals surface area contributed by atoms with E-state index >= 15 is 0 Å². The van der Waals surface area contributed by atoms with Gasteiger partial charge in [0.15, 0.2) is 0 Å². The largest absolute Gasteiger partial charge is 0.379 e. The maximum atomic E-state index is 5.40. The van der Waals surface area contributed by atoms with Crippen LogP contribution in [-0.4, -0.2) is 96.8 Å². The van der Waals surface area contributed by atoms with Gasteiger partial charge in [0.05, 0.1) is 24.6 Å². The Morgan fingerprint density at radius 2 is 1.40 bits per heavy atom. The number of anilines is 1. The molecule has 3 aliphatic rings. The van der Waals surface area contributed by atoms with Crippen molar-refractivity contribution in [2.75, 3.05) is 70.5 Å². The van der Waals surface area contributed by atoms with E-state index < -0.39 is 0 Å². The molecule has 134 valence electrons. The Bertz CT molecular complexity index is 619. The van der Waals surface area contributed by atoms with E-state index in [0.29, 0.717) is 0 Å². The summed E-state index contributed by atoms with van der Waals surface area (Å²) in [5.74, 6) is 0.830. The van der Waals surface area contributed by atoms with Crippen molar-refractivity contribution in [1.82, 2.24) is 19.8 Å². The molecular weight excluding hydrogens is 318 g/mol. The van der Waals surface area contributed by atoms with Crippen LogP contribution >= 0.6 is 0 Å². The fraction of sp³-hybridized carbons (Fsp3) is 0.647. The zero-order valence-corrected chi connectivity index (χ0v) is 14.5. The summed E-state index contributed by atoms with van der Waals surface area (Å²) in [4.78, 5) is 15.8. The number of ether oxygens (including phenoxy) is 1. The Labute approximate surface area is 148 Å². The van der Waals surface area contributed by atoms with Crippen molar-refractivity contribution in [3.8, 4) is 0 Å². The Balaban J connectivity index is 1.20. The molecule has 4 heterocycles. The van der Waals surface area contributed by atoms with Crippen molar-refractivity contribution in [2.45, 2.75) is 6.42 Å². The maximum absolute atomic E-state index is 5.40. The predicted octanol–water partition coefficient (Wildman–Crippen LogP) is 0.132. The van der Waals surface area contributed by atoms with E-state index in [1.165, 1.54) is 11.4 Å². The van der Waals surface area contributed by atoms with Crippen molar-refractivity contribution in [3.63, 3.8) is 0 Å². The Morgan fingerprint density at radius 3 is 2.04 bits per heavy atom. The fourth-order valence-electron chi connectivity index (χ4n) is 3.46. The molecule has 1 aromatic heterocycles. The lowest BCUT2D eigenvalue weighted by atomic mass is 10.1. The minimum absolute atomic E-state index is 0.830. The number of aromatic nitrogens is 2. The van der Waals surface area contributed by atoms with Gasteiger partial charge in [-0.3, -0.25) is 9.80 Å². The van der Waals surface area contributed by atoms with E-state index in [1.54, 1.807) is 12.4 Å². The lowest BCUT2D eigenvalue weighted by Gasteiger charge is -2.34. The van der Waals surface area contributed by atoms with Gasteiger partial charge in [-0.1, -0.05) is 0 Å². The summed E-state index contributed by atoms with van der Waals surface area (Å²) in [6, 6.07) is 1.85. The smallest absolute Gasteiger partial charge is 0.225 e. The molecule has 2 fully saturated rings. The lowest BCUT2D eigenvalue weighted by Crippen LogP contribution is -2.48. The molecule has 4 rings (SSSR count). The first-order valence-electron chi connectivity index (χ1n) is 9.02. The number of hydrogen-bond acceptors (Lipinski definition) is 8. The summed E-state index contributed by atoms with van der Waals surface area (Å²) in [5.41, 5.74) is 2.38. The molecule has 0 unspecified atom stereocenters. The number of nitrogens with zero attached hydrogens (tertiary/aromatic N) is 7. The van der Waals surface area contributed by atoms with Crippen LogP contribution < -0.4 is 4.90 Å². The molecule has 2 saturated heterocycles. The van der Waals surface area contributed by atoms with Gasteiger partial charge in [-0.15, -0.1) is 0 Å². The van der Waals surface area contributed by atoms with Gasteiger partial charge in [0, 0.05) is 71.2 Å². The van der Waals surface area contributed by atoms with E-state index in [4.69, 9.17) is 4.74 Å². The highest BCUT2D eigenvalue weighted by molar-refractivity contribution is 6.09. The third-order valence-corrected chi connectivity index (χ3v) is 4.86. The molecule has 0 saturated carbocycles. The predicted molar refractivity (Wildman–Crippen MR) is 97.4 cm³/mol. The van der Waals surface area contributed by atoms with Gasteiger partial charge < -0.3 is 9.64 Å². The number of rotatable bonds is 5. The van der Waals surface area contributed by atoms with Crippen LogP contribution in [0.2, 0.25) is 0 Å². The number of morpholine rings is 1. The van der Waals surface area contributed by atoms with Crippen LogP contribution in [0.3, 0.4) is 0 Å². The quantitative estimate of drug-likeness (QED) is 0.757. The van der Waals surface area contributed by atoms with E-state index in [1.807, 2.05) is 6.07 Å². The molecule has 3 aliphatic heterocycles. The second kappa shape index (κ2) is 7.99. The van der Waals surface area contributed by atoms with Gasteiger partial charge in [0.2, 0.25) is 5.95 Å². The van der Waals surface area contributed by atoms with Crippen molar-refractivity contribution in [1.29, 1.82) is 0 Å². The summed E-state index contributed by atoms with van der Waals surface area (Å²) in [7, 11) is 0. The van der Waals surface area contributed by atoms with Crippen LogP contribution in [0.15, 0.2) is 28.7 Å². The monoisotopic (exact) mass is 343 g/mol. The van der Waals surface area contributed by atoms with E-state index in [-0.39, 0.29) is 0 Å². The highest BCUT2D eigenvalue weighted by atomic mass is 16.5. The fourth-order valence-corrected chi connectivity index (χ4v) is 3.46. The molecule has 0 spiro atoms. The van der Waals surface area contributed by atoms with Gasteiger partial charge in [-0.2, -0.15) is 10.2 Å². The third kappa shape index (κ3) is 4.39. The van der Waals surface area contributed by atoms with Gasteiger partial charge in [0.1, 0.15) is 0 Å². The van der Waals surface area contributed by atoms with Crippen molar-refractivity contribution in [3.05, 3.63) is 18.5 Å². The minimum atomic E-state index is 0.830. The van der Waals surface area contributed by atoms with Crippen LogP contribution in [0.4, 0.5) is 5.95 Å². The van der Waals surface area contributed by atoms with Gasteiger partial charge in [-0.25, -0.2) is 9.97 Å². The van der Waals surface area contributed by atoms with Gasteiger partial charge >= 0.3 is 0 Å². The first kappa shape index (κ1) is 16.6. The zero-order chi connectivity index (χ0) is 16.9. The molecule has 0 aliphatic carbocycles. The van der Waals surface area contributed by atoms with Crippen LogP contribution in [0.25, 0.3) is 0 Å². The standard InChI is InChI=1S/C17H25N7O/c1-2-18-17(19-3-1)24-6-4-22(5-7-24)13-15-12-16(21-20-15)14-23-8-10-25-11-9-23/h1-3H,4-14H2. The summed E-state index contributed by atoms with van der Waals surface area (Å²) in [6.07, 6.45) is 4.52. The SMILES string of the molecule is c1cnc(N2CCN(CC3=NN=C(CN4CCOCC4)C3)CC2)nc1. The first-order chi connectivity index (χ1) is 12.4. The van der Waals surface area contributed by atoms with E-state index in [0.717, 1.165) is 77.9 Å². The molecule has 0 atom stereocenters. The molecule has 0 bridgehead atoms. The van der Waals surface area contributed by atoms with Gasteiger partial charge in [0.25, 0.3) is 0 Å². The summed E-state index contributed by atoms with van der Waals surface area (Å²) in [6.45, 7) is 9.43. The number of piperazine rings is 1. The summed E-state index contributed by atoms with van der Waals surface area (Å²) >= 11 is 0. The summed E-state index contributed by atoms with van der Waals surface area (Å²) in [5, 5.41) is 8.82. The van der Waals surface area contributed by atoms with Crippen LogP contribution in [0.1, 0.15) is 6.42 Å². The highest BCUT2D eigenvalue weighted by Crippen LogP contribution is 2.12. The Hall–Kier alpha value is -1.90.